The Hall–Kier alpha value is -1.77. The zero-order valence-electron chi connectivity index (χ0n) is 13.5. The number of fused-ring (bicyclic) bond motifs is 1. The SMILES string of the molecule is CCCOc1cc2ccnc(C(C)C)c2cc1OCCC. The molecule has 114 valence electrons. The van der Waals surface area contributed by atoms with Gasteiger partial charge in [-0.3, -0.25) is 4.98 Å². The number of aromatic nitrogens is 1. The molecule has 0 aliphatic carbocycles. The van der Waals surface area contributed by atoms with E-state index in [1.54, 1.807) is 0 Å². The van der Waals surface area contributed by atoms with Crippen LogP contribution in [0.4, 0.5) is 0 Å². The van der Waals surface area contributed by atoms with E-state index >= 15 is 0 Å². The topological polar surface area (TPSA) is 31.4 Å². The molecule has 2 aromatic rings. The first-order valence-electron chi connectivity index (χ1n) is 7.85. The number of nitrogens with zero attached hydrogens (tertiary/aromatic N) is 1. The molecule has 1 heterocycles. The number of ether oxygens (including phenoxy) is 2. The Morgan fingerprint density at radius 2 is 1.62 bits per heavy atom. The van der Waals surface area contributed by atoms with Gasteiger partial charge in [0.15, 0.2) is 11.5 Å². The van der Waals surface area contributed by atoms with Crippen molar-refractivity contribution in [2.24, 2.45) is 0 Å². The molecule has 0 aliphatic rings. The highest BCUT2D eigenvalue weighted by Gasteiger charge is 2.12. The maximum atomic E-state index is 5.87. The van der Waals surface area contributed by atoms with Crippen molar-refractivity contribution in [2.45, 2.75) is 46.5 Å². The molecule has 0 amide bonds. The highest BCUT2D eigenvalue weighted by molar-refractivity contribution is 5.88. The van der Waals surface area contributed by atoms with Crippen molar-refractivity contribution in [2.75, 3.05) is 13.2 Å². The van der Waals surface area contributed by atoms with E-state index in [1.165, 1.54) is 0 Å². The Balaban J connectivity index is 2.50. The average Bonchev–Trinajstić information content (AvgIpc) is 2.49. The summed E-state index contributed by atoms with van der Waals surface area (Å²) in [5.74, 6) is 2.04. The summed E-state index contributed by atoms with van der Waals surface area (Å²) in [5, 5.41) is 2.31. The fraction of sp³-hybridized carbons (Fsp3) is 0.500. The number of benzene rings is 1. The third-order valence-electron chi connectivity index (χ3n) is 3.33. The monoisotopic (exact) mass is 287 g/mol. The molecule has 0 aliphatic heterocycles. The maximum Gasteiger partial charge on any atom is 0.161 e. The van der Waals surface area contributed by atoms with E-state index in [0.717, 1.165) is 40.8 Å². The summed E-state index contributed by atoms with van der Waals surface area (Å²) in [5.41, 5.74) is 1.11. The first-order chi connectivity index (χ1) is 10.2. The van der Waals surface area contributed by atoms with Gasteiger partial charge in [0.25, 0.3) is 0 Å². The summed E-state index contributed by atoms with van der Waals surface area (Å²) in [6.45, 7) is 9.94. The van der Waals surface area contributed by atoms with Gasteiger partial charge in [0.1, 0.15) is 0 Å². The zero-order chi connectivity index (χ0) is 15.2. The first kappa shape index (κ1) is 15.6. The molecular weight excluding hydrogens is 262 g/mol. The smallest absolute Gasteiger partial charge is 0.161 e. The Morgan fingerprint density at radius 3 is 2.19 bits per heavy atom. The third kappa shape index (κ3) is 3.66. The standard InChI is InChI=1S/C18H25NO2/c1-5-9-20-16-11-14-7-8-19-18(13(3)4)15(14)12-17(16)21-10-6-2/h7-8,11-13H,5-6,9-10H2,1-4H3. The molecule has 0 unspecified atom stereocenters. The third-order valence-corrected chi connectivity index (χ3v) is 3.33. The molecule has 0 spiro atoms. The van der Waals surface area contributed by atoms with Crippen molar-refractivity contribution < 1.29 is 9.47 Å². The van der Waals surface area contributed by atoms with Gasteiger partial charge in [-0.1, -0.05) is 27.7 Å². The van der Waals surface area contributed by atoms with Crippen LogP contribution in [0.15, 0.2) is 24.4 Å². The van der Waals surface area contributed by atoms with Crippen LogP contribution in [0.25, 0.3) is 10.8 Å². The number of pyridine rings is 1. The molecule has 0 saturated heterocycles. The molecule has 2 rings (SSSR count). The van der Waals surface area contributed by atoms with E-state index in [0.29, 0.717) is 19.1 Å². The molecule has 0 atom stereocenters. The zero-order valence-corrected chi connectivity index (χ0v) is 13.5. The van der Waals surface area contributed by atoms with Gasteiger partial charge in [0.2, 0.25) is 0 Å². The second-order valence-corrected chi connectivity index (χ2v) is 5.57. The van der Waals surface area contributed by atoms with Crippen molar-refractivity contribution >= 4 is 10.8 Å². The summed E-state index contributed by atoms with van der Waals surface area (Å²) < 4.78 is 11.7. The fourth-order valence-electron chi connectivity index (χ4n) is 2.31. The van der Waals surface area contributed by atoms with Gasteiger partial charge in [0, 0.05) is 11.6 Å². The molecule has 21 heavy (non-hydrogen) atoms. The van der Waals surface area contributed by atoms with Crippen LogP contribution in [0.1, 0.15) is 52.1 Å². The molecule has 0 radical (unpaired) electrons. The van der Waals surface area contributed by atoms with Crippen molar-refractivity contribution in [3.8, 4) is 11.5 Å². The van der Waals surface area contributed by atoms with Crippen LogP contribution in [0, 0.1) is 0 Å². The summed E-state index contributed by atoms with van der Waals surface area (Å²) in [6.07, 6.45) is 3.84. The lowest BCUT2D eigenvalue weighted by Crippen LogP contribution is -2.02. The molecule has 0 bridgehead atoms. The summed E-state index contributed by atoms with van der Waals surface area (Å²) in [4.78, 5) is 4.52. The Kier molecular flexibility index (Phi) is 5.43. The van der Waals surface area contributed by atoms with E-state index in [1.807, 2.05) is 12.3 Å². The van der Waals surface area contributed by atoms with Crippen LogP contribution >= 0.6 is 0 Å². The van der Waals surface area contributed by atoms with Crippen molar-refractivity contribution in [1.82, 2.24) is 4.98 Å². The van der Waals surface area contributed by atoms with Gasteiger partial charge in [-0.25, -0.2) is 0 Å². The highest BCUT2D eigenvalue weighted by atomic mass is 16.5. The Morgan fingerprint density at radius 1 is 1.00 bits per heavy atom. The first-order valence-corrected chi connectivity index (χ1v) is 7.85. The molecule has 3 nitrogen and oxygen atoms in total. The van der Waals surface area contributed by atoms with Crippen LogP contribution in [-0.4, -0.2) is 18.2 Å². The van der Waals surface area contributed by atoms with Crippen molar-refractivity contribution in [1.29, 1.82) is 0 Å². The predicted octanol–water partition coefficient (Wildman–Crippen LogP) is 4.94. The average molecular weight is 287 g/mol. The van der Waals surface area contributed by atoms with E-state index in [-0.39, 0.29) is 0 Å². The van der Waals surface area contributed by atoms with E-state index in [9.17, 15) is 0 Å². The minimum atomic E-state index is 0.384. The van der Waals surface area contributed by atoms with Gasteiger partial charge in [-0.2, -0.15) is 0 Å². The minimum Gasteiger partial charge on any atom is -0.490 e. The molecule has 1 aromatic heterocycles. The summed E-state index contributed by atoms with van der Waals surface area (Å²) in [7, 11) is 0. The summed E-state index contributed by atoms with van der Waals surface area (Å²) in [6, 6.07) is 6.19. The van der Waals surface area contributed by atoms with Gasteiger partial charge in [-0.15, -0.1) is 0 Å². The van der Waals surface area contributed by atoms with Crippen LogP contribution in [0.3, 0.4) is 0 Å². The van der Waals surface area contributed by atoms with E-state index in [4.69, 9.17) is 9.47 Å². The summed E-state index contributed by atoms with van der Waals surface area (Å²) >= 11 is 0. The maximum absolute atomic E-state index is 5.87. The number of hydrogen-bond acceptors (Lipinski definition) is 3. The molecule has 0 N–H and O–H groups in total. The Bertz CT molecular complexity index is 593. The van der Waals surface area contributed by atoms with E-state index < -0.39 is 0 Å². The largest absolute Gasteiger partial charge is 0.490 e. The minimum absolute atomic E-state index is 0.384. The lowest BCUT2D eigenvalue weighted by Gasteiger charge is -2.15. The lowest BCUT2D eigenvalue weighted by molar-refractivity contribution is 0.269. The van der Waals surface area contributed by atoms with Crippen molar-refractivity contribution in [3.63, 3.8) is 0 Å². The second kappa shape index (κ2) is 7.30. The van der Waals surface area contributed by atoms with Gasteiger partial charge >= 0.3 is 0 Å². The van der Waals surface area contributed by atoms with Crippen LogP contribution in [-0.2, 0) is 0 Å². The van der Waals surface area contributed by atoms with Crippen LogP contribution in [0.5, 0.6) is 11.5 Å². The molecular formula is C18H25NO2. The lowest BCUT2D eigenvalue weighted by atomic mass is 10.0. The number of rotatable bonds is 7. The second-order valence-electron chi connectivity index (χ2n) is 5.57. The predicted molar refractivity (Wildman–Crippen MR) is 87.4 cm³/mol. The quantitative estimate of drug-likeness (QED) is 0.723. The highest BCUT2D eigenvalue weighted by Crippen LogP contribution is 2.35. The number of hydrogen-bond donors (Lipinski definition) is 0. The molecule has 1 aromatic carbocycles. The van der Waals surface area contributed by atoms with Gasteiger partial charge in [-0.05, 0) is 42.3 Å². The Labute approximate surface area is 127 Å². The van der Waals surface area contributed by atoms with Crippen LogP contribution < -0.4 is 9.47 Å². The van der Waals surface area contributed by atoms with E-state index in [2.05, 4.69) is 44.8 Å². The van der Waals surface area contributed by atoms with Crippen molar-refractivity contribution in [3.05, 3.63) is 30.1 Å². The molecule has 0 fully saturated rings. The van der Waals surface area contributed by atoms with Gasteiger partial charge < -0.3 is 9.47 Å². The molecule has 3 heteroatoms. The molecule has 0 saturated carbocycles. The van der Waals surface area contributed by atoms with Crippen LogP contribution in [0.2, 0.25) is 0 Å². The fourth-order valence-corrected chi connectivity index (χ4v) is 2.31. The van der Waals surface area contributed by atoms with Gasteiger partial charge in [0.05, 0.1) is 18.9 Å². The normalized spacial score (nSPS) is 11.1.